The molecule has 0 aliphatic rings. The monoisotopic (exact) mass is 351 g/mol. The van der Waals surface area contributed by atoms with E-state index in [1.165, 1.54) is 5.56 Å². The summed E-state index contributed by atoms with van der Waals surface area (Å²) in [6.45, 7) is 0.780. The van der Waals surface area contributed by atoms with Crippen LogP contribution in [0.2, 0.25) is 0 Å². The van der Waals surface area contributed by atoms with Gasteiger partial charge in [0.1, 0.15) is 11.2 Å². The normalized spacial score (nSPS) is 11.1. The third-order valence-corrected chi connectivity index (χ3v) is 4.59. The lowest BCUT2D eigenvalue weighted by Crippen LogP contribution is -1.99. The molecule has 0 saturated heterocycles. The van der Waals surface area contributed by atoms with Crippen LogP contribution in [0.5, 0.6) is 0 Å². The molecule has 108 valence electrons. The number of benzene rings is 3. The minimum absolute atomic E-state index is 0.780. The Bertz CT molecular complexity index is 958. The van der Waals surface area contributed by atoms with Crippen LogP contribution in [0.4, 0.5) is 5.69 Å². The van der Waals surface area contributed by atoms with Crippen LogP contribution in [-0.4, -0.2) is 0 Å². The molecule has 0 aliphatic heterocycles. The maximum atomic E-state index is 5.85. The van der Waals surface area contributed by atoms with Gasteiger partial charge in [-0.3, -0.25) is 0 Å². The van der Waals surface area contributed by atoms with E-state index in [0.29, 0.717) is 0 Å². The van der Waals surface area contributed by atoms with E-state index in [4.69, 9.17) is 4.42 Å². The lowest BCUT2D eigenvalue weighted by molar-refractivity contribution is 0.669. The molecule has 3 heteroatoms. The summed E-state index contributed by atoms with van der Waals surface area (Å²) in [5.74, 6) is 0. The first-order chi connectivity index (χ1) is 10.8. The molecular weight excluding hydrogens is 338 g/mol. The smallest absolute Gasteiger partial charge is 0.135 e. The van der Waals surface area contributed by atoms with Gasteiger partial charge in [-0.1, -0.05) is 52.3 Å². The van der Waals surface area contributed by atoms with Crippen molar-refractivity contribution in [3.63, 3.8) is 0 Å². The van der Waals surface area contributed by atoms with E-state index in [2.05, 4.69) is 57.6 Å². The Labute approximate surface area is 136 Å². The minimum atomic E-state index is 0.780. The quantitative estimate of drug-likeness (QED) is 0.492. The summed E-state index contributed by atoms with van der Waals surface area (Å²) in [4.78, 5) is 0. The number of halogens is 1. The van der Waals surface area contributed by atoms with Gasteiger partial charge in [0.25, 0.3) is 0 Å². The lowest BCUT2D eigenvalue weighted by Gasteiger charge is -2.08. The van der Waals surface area contributed by atoms with Gasteiger partial charge in [0.15, 0.2) is 0 Å². The summed E-state index contributed by atoms with van der Waals surface area (Å²) in [7, 11) is 0. The Morgan fingerprint density at radius 3 is 2.50 bits per heavy atom. The molecule has 0 amide bonds. The predicted molar refractivity (Wildman–Crippen MR) is 95.2 cm³/mol. The fourth-order valence-corrected chi connectivity index (χ4v) is 3.10. The lowest BCUT2D eigenvalue weighted by atomic mass is 10.1. The summed E-state index contributed by atoms with van der Waals surface area (Å²) in [5.41, 5.74) is 4.18. The highest BCUT2D eigenvalue weighted by molar-refractivity contribution is 9.10. The van der Waals surface area contributed by atoms with Crippen LogP contribution in [0.15, 0.2) is 75.6 Å². The second kappa shape index (κ2) is 5.50. The summed E-state index contributed by atoms with van der Waals surface area (Å²) >= 11 is 3.58. The number of fused-ring (bicyclic) bond motifs is 3. The molecule has 0 fully saturated rings. The van der Waals surface area contributed by atoms with Gasteiger partial charge in [0, 0.05) is 27.5 Å². The molecule has 1 heterocycles. The van der Waals surface area contributed by atoms with E-state index in [9.17, 15) is 0 Å². The molecule has 0 spiro atoms. The average Bonchev–Trinajstić information content (AvgIpc) is 2.92. The Morgan fingerprint density at radius 2 is 1.59 bits per heavy atom. The largest absolute Gasteiger partial charge is 0.456 e. The number of para-hydroxylation sites is 1. The maximum Gasteiger partial charge on any atom is 0.135 e. The van der Waals surface area contributed by atoms with Gasteiger partial charge in [-0.05, 0) is 35.9 Å². The fourth-order valence-electron chi connectivity index (χ4n) is 2.68. The van der Waals surface area contributed by atoms with Crippen LogP contribution < -0.4 is 5.32 Å². The van der Waals surface area contributed by atoms with Gasteiger partial charge in [-0.15, -0.1) is 0 Å². The van der Waals surface area contributed by atoms with Gasteiger partial charge in [-0.2, -0.15) is 0 Å². The maximum absolute atomic E-state index is 5.85. The first kappa shape index (κ1) is 13.4. The zero-order valence-corrected chi connectivity index (χ0v) is 13.4. The van der Waals surface area contributed by atoms with Gasteiger partial charge in [-0.25, -0.2) is 0 Å². The standard InChI is InChI=1S/C19H14BrNO/c20-17-7-3-1-5-13(17)12-21-14-9-10-19-16(11-14)15-6-2-4-8-18(15)22-19/h1-11,21H,12H2. The first-order valence-electron chi connectivity index (χ1n) is 7.20. The zero-order chi connectivity index (χ0) is 14.9. The van der Waals surface area contributed by atoms with Crippen molar-refractivity contribution in [1.29, 1.82) is 0 Å². The number of nitrogens with one attached hydrogen (secondary N) is 1. The third-order valence-electron chi connectivity index (χ3n) is 3.82. The van der Waals surface area contributed by atoms with Crippen LogP contribution in [0, 0.1) is 0 Å². The van der Waals surface area contributed by atoms with Crippen LogP contribution in [0.25, 0.3) is 21.9 Å². The van der Waals surface area contributed by atoms with Crippen molar-refractivity contribution in [2.75, 3.05) is 5.32 Å². The van der Waals surface area contributed by atoms with Crippen LogP contribution >= 0.6 is 15.9 Å². The number of furan rings is 1. The van der Waals surface area contributed by atoms with Crippen molar-refractivity contribution in [3.05, 3.63) is 76.8 Å². The Kier molecular flexibility index (Phi) is 3.35. The highest BCUT2D eigenvalue weighted by Gasteiger charge is 2.07. The number of rotatable bonds is 3. The second-order valence-electron chi connectivity index (χ2n) is 5.25. The molecule has 2 nitrogen and oxygen atoms in total. The molecular formula is C19H14BrNO. The molecule has 4 rings (SSSR count). The van der Waals surface area contributed by atoms with E-state index >= 15 is 0 Å². The number of anilines is 1. The van der Waals surface area contributed by atoms with E-state index in [0.717, 1.165) is 38.6 Å². The number of hydrogen-bond donors (Lipinski definition) is 1. The summed E-state index contributed by atoms with van der Waals surface area (Å²) in [6.07, 6.45) is 0. The number of hydrogen-bond acceptors (Lipinski definition) is 2. The minimum Gasteiger partial charge on any atom is -0.456 e. The van der Waals surface area contributed by atoms with Crippen molar-refractivity contribution in [2.45, 2.75) is 6.54 Å². The highest BCUT2D eigenvalue weighted by Crippen LogP contribution is 2.30. The second-order valence-corrected chi connectivity index (χ2v) is 6.11. The summed E-state index contributed by atoms with van der Waals surface area (Å²) in [5, 5.41) is 5.78. The molecule has 3 aromatic carbocycles. The van der Waals surface area contributed by atoms with E-state index < -0.39 is 0 Å². The van der Waals surface area contributed by atoms with E-state index in [1.807, 2.05) is 30.3 Å². The fraction of sp³-hybridized carbons (Fsp3) is 0.0526. The molecule has 0 aliphatic carbocycles. The molecule has 1 aromatic heterocycles. The summed E-state index contributed by atoms with van der Waals surface area (Å²) in [6, 6.07) is 22.6. The van der Waals surface area contributed by atoms with Gasteiger partial charge in [0.05, 0.1) is 0 Å². The van der Waals surface area contributed by atoms with Crippen LogP contribution in [0.3, 0.4) is 0 Å². The van der Waals surface area contributed by atoms with Crippen molar-refractivity contribution in [3.8, 4) is 0 Å². The van der Waals surface area contributed by atoms with E-state index in [-0.39, 0.29) is 0 Å². The van der Waals surface area contributed by atoms with E-state index in [1.54, 1.807) is 0 Å². The molecule has 4 aromatic rings. The van der Waals surface area contributed by atoms with Gasteiger partial charge >= 0.3 is 0 Å². The third kappa shape index (κ3) is 2.38. The molecule has 0 radical (unpaired) electrons. The van der Waals surface area contributed by atoms with Gasteiger partial charge < -0.3 is 9.73 Å². The molecule has 0 unspecified atom stereocenters. The summed E-state index contributed by atoms with van der Waals surface area (Å²) < 4.78 is 6.98. The van der Waals surface area contributed by atoms with Crippen LogP contribution in [-0.2, 0) is 6.54 Å². The molecule has 22 heavy (non-hydrogen) atoms. The average molecular weight is 352 g/mol. The van der Waals surface area contributed by atoms with Gasteiger partial charge in [0.2, 0.25) is 0 Å². The molecule has 1 N–H and O–H groups in total. The van der Waals surface area contributed by atoms with Crippen molar-refractivity contribution in [1.82, 2.24) is 0 Å². The Balaban J connectivity index is 1.67. The SMILES string of the molecule is Brc1ccccc1CNc1ccc2oc3ccccc3c2c1. The highest BCUT2D eigenvalue weighted by atomic mass is 79.9. The van der Waals surface area contributed by atoms with Crippen LogP contribution in [0.1, 0.15) is 5.56 Å². The predicted octanol–water partition coefficient (Wildman–Crippen LogP) is 5.96. The molecule has 0 bridgehead atoms. The van der Waals surface area contributed by atoms with Crippen molar-refractivity contribution < 1.29 is 4.42 Å². The topological polar surface area (TPSA) is 25.2 Å². The first-order valence-corrected chi connectivity index (χ1v) is 7.99. The Morgan fingerprint density at radius 1 is 0.818 bits per heavy atom. The van der Waals surface area contributed by atoms with Crippen molar-refractivity contribution >= 4 is 43.6 Å². The zero-order valence-electron chi connectivity index (χ0n) is 11.8. The molecule has 0 saturated carbocycles. The van der Waals surface area contributed by atoms with Crippen molar-refractivity contribution in [2.24, 2.45) is 0 Å². The molecule has 0 atom stereocenters. The Hall–Kier alpha value is -2.26.